The number of fused-ring (bicyclic) bond motifs is 1. The molecule has 0 aromatic heterocycles. The molecule has 0 unspecified atom stereocenters. The smallest absolute Gasteiger partial charge is 0.251 e. The Kier molecular flexibility index (Phi) is 3.65. The average molecular weight is 324 g/mol. The number of halogens is 1. The third-order valence-corrected chi connectivity index (χ3v) is 4.81. The van der Waals surface area contributed by atoms with Gasteiger partial charge in [0.15, 0.2) is 0 Å². The number of amides is 2. The Hall–Kier alpha value is -2.53. The molecule has 4 rings (SSSR count). The van der Waals surface area contributed by atoms with Crippen molar-refractivity contribution >= 4 is 17.5 Å². The van der Waals surface area contributed by atoms with Crippen molar-refractivity contribution in [3.8, 4) is 0 Å². The van der Waals surface area contributed by atoms with Gasteiger partial charge in [0.05, 0.1) is 18.2 Å². The number of carbonyl (C=O) groups is 2. The van der Waals surface area contributed by atoms with Crippen LogP contribution in [0.2, 0.25) is 0 Å². The van der Waals surface area contributed by atoms with Crippen LogP contribution in [0.1, 0.15) is 17.5 Å². The number of rotatable bonds is 2. The van der Waals surface area contributed by atoms with Crippen molar-refractivity contribution in [2.24, 2.45) is 0 Å². The monoisotopic (exact) mass is 324 g/mol. The maximum absolute atomic E-state index is 13.1. The first-order chi connectivity index (χ1) is 11.6. The van der Waals surface area contributed by atoms with Gasteiger partial charge in [-0.05, 0) is 41.8 Å². The van der Waals surface area contributed by atoms with Crippen molar-refractivity contribution in [2.75, 3.05) is 11.4 Å². The zero-order chi connectivity index (χ0) is 16.7. The molecule has 1 atom stereocenters. The lowest BCUT2D eigenvalue weighted by molar-refractivity contribution is -0.123. The van der Waals surface area contributed by atoms with Crippen molar-refractivity contribution in [2.45, 2.75) is 25.4 Å². The van der Waals surface area contributed by atoms with Crippen LogP contribution in [0.15, 0.2) is 48.5 Å². The van der Waals surface area contributed by atoms with Gasteiger partial charge in [0, 0.05) is 13.1 Å². The average Bonchev–Trinajstić information content (AvgIpc) is 2.90. The molecule has 0 radical (unpaired) electrons. The number of imide groups is 1. The molecule has 0 spiro atoms. The molecule has 2 aliphatic heterocycles. The summed E-state index contributed by atoms with van der Waals surface area (Å²) in [6.07, 6.45) is 1.06. The lowest BCUT2D eigenvalue weighted by Gasteiger charge is -2.32. The number of carbonyl (C=O) groups excluding carboxylic acids is 2. The molecule has 4 nitrogen and oxygen atoms in total. The van der Waals surface area contributed by atoms with Crippen molar-refractivity contribution in [1.29, 1.82) is 0 Å². The lowest BCUT2D eigenvalue weighted by Crippen LogP contribution is -2.44. The van der Waals surface area contributed by atoms with Crippen molar-refractivity contribution in [3.63, 3.8) is 0 Å². The molecule has 2 amide bonds. The highest BCUT2D eigenvalue weighted by molar-refractivity contribution is 6.22. The maximum Gasteiger partial charge on any atom is 0.251 e. The van der Waals surface area contributed by atoms with Gasteiger partial charge in [0.2, 0.25) is 5.91 Å². The topological polar surface area (TPSA) is 40.6 Å². The van der Waals surface area contributed by atoms with Gasteiger partial charge >= 0.3 is 0 Å². The van der Waals surface area contributed by atoms with Gasteiger partial charge in [0.1, 0.15) is 5.82 Å². The first-order valence-electron chi connectivity index (χ1n) is 8.07. The standard InChI is InChI=1S/C19H17FN2O2/c20-15-5-7-16(8-6-15)22-18(23)11-17(19(22)24)21-10-9-13-3-1-2-4-14(13)12-21/h1-8,17H,9-12H2/t17-/m1/s1. The molecule has 24 heavy (non-hydrogen) atoms. The van der Waals surface area contributed by atoms with E-state index in [1.807, 2.05) is 12.1 Å². The third kappa shape index (κ3) is 2.51. The van der Waals surface area contributed by atoms with E-state index in [0.717, 1.165) is 13.0 Å². The number of nitrogens with zero attached hydrogens (tertiary/aromatic N) is 2. The molecular formula is C19H17FN2O2. The summed E-state index contributed by atoms with van der Waals surface area (Å²) in [5.41, 5.74) is 2.96. The van der Waals surface area contributed by atoms with E-state index in [0.29, 0.717) is 12.2 Å². The van der Waals surface area contributed by atoms with E-state index in [4.69, 9.17) is 0 Å². The van der Waals surface area contributed by atoms with E-state index in [9.17, 15) is 14.0 Å². The molecule has 122 valence electrons. The third-order valence-electron chi connectivity index (χ3n) is 4.81. The Balaban J connectivity index is 1.57. The fourth-order valence-electron chi connectivity index (χ4n) is 3.55. The molecule has 2 heterocycles. The Morgan fingerprint density at radius 2 is 1.67 bits per heavy atom. The van der Waals surface area contributed by atoms with Gasteiger partial charge in [-0.2, -0.15) is 0 Å². The second kappa shape index (κ2) is 5.83. The summed E-state index contributed by atoms with van der Waals surface area (Å²) in [6, 6.07) is 13.2. The second-order valence-corrected chi connectivity index (χ2v) is 6.25. The van der Waals surface area contributed by atoms with Crippen LogP contribution >= 0.6 is 0 Å². The van der Waals surface area contributed by atoms with Crippen LogP contribution in [-0.4, -0.2) is 29.3 Å². The minimum Gasteiger partial charge on any atom is -0.287 e. The zero-order valence-corrected chi connectivity index (χ0v) is 13.1. The summed E-state index contributed by atoms with van der Waals surface area (Å²) in [7, 11) is 0. The fraction of sp³-hybridized carbons (Fsp3) is 0.263. The SMILES string of the molecule is O=C1C[C@@H](N2CCc3ccccc3C2)C(=O)N1c1ccc(F)cc1. The van der Waals surface area contributed by atoms with Crippen molar-refractivity contribution in [3.05, 3.63) is 65.5 Å². The van der Waals surface area contributed by atoms with Crippen LogP contribution < -0.4 is 4.90 Å². The van der Waals surface area contributed by atoms with Crippen molar-refractivity contribution < 1.29 is 14.0 Å². The number of benzene rings is 2. The number of anilines is 1. The van der Waals surface area contributed by atoms with E-state index in [2.05, 4.69) is 17.0 Å². The summed E-state index contributed by atoms with van der Waals surface area (Å²) in [4.78, 5) is 28.4. The van der Waals surface area contributed by atoms with Gasteiger partial charge in [0.25, 0.3) is 5.91 Å². The highest BCUT2D eigenvalue weighted by Crippen LogP contribution is 2.29. The van der Waals surface area contributed by atoms with Crippen LogP contribution in [0, 0.1) is 5.82 Å². The van der Waals surface area contributed by atoms with E-state index in [-0.39, 0.29) is 24.1 Å². The van der Waals surface area contributed by atoms with E-state index < -0.39 is 6.04 Å². The lowest BCUT2D eigenvalue weighted by atomic mass is 9.98. The molecule has 0 aliphatic carbocycles. The Labute approximate surface area is 139 Å². The fourth-order valence-corrected chi connectivity index (χ4v) is 3.55. The van der Waals surface area contributed by atoms with Crippen LogP contribution in [0.4, 0.5) is 10.1 Å². The zero-order valence-electron chi connectivity index (χ0n) is 13.1. The minimum absolute atomic E-state index is 0.179. The van der Waals surface area contributed by atoms with Crippen LogP contribution in [0.3, 0.4) is 0 Å². The Morgan fingerprint density at radius 1 is 0.958 bits per heavy atom. The van der Waals surface area contributed by atoms with Crippen LogP contribution in [0.25, 0.3) is 0 Å². The molecule has 2 aromatic rings. The van der Waals surface area contributed by atoms with Crippen LogP contribution in [0.5, 0.6) is 0 Å². The van der Waals surface area contributed by atoms with Crippen LogP contribution in [-0.2, 0) is 22.6 Å². The van der Waals surface area contributed by atoms with Crippen molar-refractivity contribution in [1.82, 2.24) is 4.90 Å². The predicted molar refractivity (Wildman–Crippen MR) is 87.9 cm³/mol. The van der Waals surface area contributed by atoms with E-state index >= 15 is 0 Å². The molecule has 0 N–H and O–H groups in total. The molecule has 2 aromatic carbocycles. The summed E-state index contributed by atoms with van der Waals surface area (Å²) < 4.78 is 13.1. The molecule has 0 saturated carbocycles. The highest BCUT2D eigenvalue weighted by Gasteiger charge is 2.43. The molecule has 2 aliphatic rings. The van der Waals surface area contributed by atoms with Gasteiger partial charge in [-0.3, -0.25) is 14.5 Å². The second-order valence-electron chi connectivity index (χ2n) is 6.25. The highest BCUT2D eigenvalue weighted by atomic mass is 19.1. The first-order valence-corrected chi connectivity index (χ1v) is 8.07. The normalized spacial score (nSPS) is 21.2. The summed E-state index contributed by atoms with van der Waals surface area (Å²) >= 11 is 0. The summed E-state index contributed by atoms with van der Waals surface area (Å²) in [5, 5.41) is 0. The summed E-state index contributed by atoms with van der Waals surface area (Å²) in [6.45, 7) is 1.44. The van der Waals surface area contributed by atoms with Gasteiger partial charge in [-0.25, -0.2) is 9.29 Å². The molecular weight excluding hydrogens is 307 g/mol. The Morgan fingerprint density at radius 3 is 2.42 bits per heavy atom. The summed E-state index contributed by atoms with van der Waals surface area (Å²) in [5.74, 6) is -0.830. The number of hydrogen-bond acceptors (Lipinski definition) is 3. The molecule has 1 saturated heterocycles. The number of hydrogen-bond donors (Lipinski definition) is 0. The predicted octanol–water partition coefficient (Wildman–Crippen LogP) is 2.52. The largest absolute Gasteiger partial charge is 0.287 e. The van der Waals surface area contributed by atoms with Gasteiger partial charge < -0.3 is 0 Å². The van der Waals surface area contributed by atoms with Gasteiger partial charge in [-0.1, -0.05) is 24.3 Å². The molecule has 0 bridgehead atoms. The molecule has 5 heteroatoms. The van der Waals surface area contributed by atoms with E-state index in [1.165, 1.54) is 40.3 Å². The minimum atomic E-state index is -0.434. The quantitative estimate of drug-likeness (QED) is 0.797. The molecule has 1 fully saturated rings. The first kappa shape index (κ1) is 15.0. The maximum atomic E-state index is 13.1. The van der Waals surface area contributed by atoms with Gasteiger partial charge in [-0.15, -0.1) is 0 Å². The van der Waals surface area contributed by atoms with E-state index in [1.54, 1.807) is 0 Å². The Bertz CT molecular complexity index is 803.